The summed E-state index contributed by atoms with van der Waals surface area (Å²) >= 11 is 0. The number of aromatic amines is 1. The number of carbonyl (C=O) groups is 1. The molecular weight excluding hydrogens is 238 g/mol. The third-order valence-electron chi connectivity index (χ3n) is 2.51. The molecule has 1 aromatic rings. The summed E-state index contributed by atoms with van der Waals surface area (Å²) in [6, 6.07) is 2.30. The lowest BCUT2D eigenvalue weighted by Gasteiger charge is -2.23. The summed E-state index contributed by atoms with van der Waals surface area (Å²) in [5, 5.41) is 17.1. The predicted molar refractivity (Wildman–Crippen MR) is 64.4 cm³/mol. The second-order valence-corrected chi connectivity index (χ2v) is 3.87. The van der Waals surface area contributed by atoms with Gasteiger partial charge in [-0.15, -0.1) is 0 Å². The quantitative estimate of drug-likeness (QED) is 0.285. The molecule has 0 bridgehead atoms. The Balaban J connectivity index is 2.77. The first kappa shape index (κ1) is 13.7. The van der Waals surface area contributed by atoms with Crippen molar-refractivity contribution in [1.29, 1.82) is 0 Å². The van der Waals surface area contributed by atoms with Crippen LogP contribution in [0.4, 0.5) is 0 Å². The molecule has 0 fully saturated rings. The third kappa shape index (κ3) is 3.30. The largest absolute Gasteiger partial charge is 0.409 e. The van der Waals surface area contributed by atoms with E-state index in [-0.39, 0.29) is 35.5 Å². The number of H-pyrrole nitrogens is 1. The molecule has 0 saturated heterocycles. The molecule has 1 rings (SSSR count). The second-order valence-electron chi connectivity index (χ2n) is 3.87. The number of nitrogens with zero attached hydrogens (tertiary/aromatic N) is 3. The van der Waals surface area contributed by atoms with Crippen molar-refractivity contribution in [2.75, 3.05) is 7.05 Å². The highest BCUT2D eigenvalue weighted by Crippen LogP contribution is 2.05. The van der Waals surface area contributed by atoms with Gasteiger partial charge in [-0.3, -0.25) is 9.59 Å². The van der Waals surface area contributed by atoms with E-state index in [2.05, 4.69) is 15.4 Å². The Morgan fingerprint density at radius 2 is 2.33 bits per heavy atom. The van der Waals surface area contributed by atoms with E-state index in [1.165, 1.54) is 17.0 Å². The second kappa shape index (κ2) is 5.80. The van der Waals surface area contributed by atoms with Crippen LogP contribution in [0.2, 0.25) is 0 Å². The van der Waals surface area contributed by atoms with E-state index >= 15 is 0 Å². The number of aromatic nitrogens is 2. The first-order chi connectivity index (χ1) is 8.45. The van der Waals surface area contributed by atoms with Crippen molar-refractivity contribution >= 4 is 11.7 Å². The maximum Gasteiger partial charge on any atom is 0.274 e. The summed E-state index contributed by atoms with van der Waals surface area (Å²) in [5.41, 5.74) is 5.12. The van der Waals surface area contributed by atoms with E-state index in [1.807, 2.05) is 0 Å². The smallest absolute Gasteiger partial charge is 0.274 e. The summed E-state index contributed by atoms with van der Waals surface area (Å²) in [4.78, 5) is 24.2. The molecular formula is C10H15N5O3. The maximum atomic E-state index is 12.0. The predicted octanol–water partition coefficient (Wildman–Crippen LogP) is -0.633. The molecule has 1 heterocycles. The zero-order valence-electron chi connectivity index (χ0n) is 10.1. The van der Waals surface area contributed by atoms with Gasteiger partial charge in [0.1, 0.15) is 11.5 Å². The van der Waals surface area contributed by atoms with Gasteiger partial charge in [0.25, 0.3) is 11.5 Å². The fraction of sp³-hybridized carbons (Fsp3) is 0.400. The van der Waals surface area contributed by atoms with Crippen molar-refractivity contribution in [3.63, 3.8) is 0 Å². The van der Waals surface area contributed by atoms with Crippen LogP contribution in [0, 0.1) is 0 Å². The van der Waals surface area contributed by atoms with Crippen LogP contribution < -0.4 is 11.3 Å². The molecule has 0 aromatic carbocycles. The average molecular weight is 253 g/mol. The monoisotopic (exact) mass is 253 g/mol. The summed E-state index contributed by atoms with van der Waals surface area (Å²) in [6.45, 7) is 1.75. The summed E-state index contributed by atoms with van der Waals surface area (Å²) < 4.78 is 0. The Morgan fingerprint density at radius 1 is 1.67 bits per heavy atom. The standard InChI is InChI=1S/C10H15N5O3/c1-6(5-8(11)14-18)15(2)10(17)7-3-4-9(16)13-12-7/h3-4,6,18H,5H2,1-2H3,(H2,11,14)(H,13,16). The minimum atomic E-state index is -0.376. The van der Waals surface area contributed by atoms with Crippen LogP contribution in [-0.4, -0.2) is 45.1 Å². The Kier molecular flexibility index (Phi) is 4.41. The summed E-state index contributed by atoms with van der Waals surface area (Å²) in [6.07, 6.45) is 0.238. The molecule has 0 saturated carbocycles. The van der Waals surface area contributed by atoms with Gasteiger partial charge in [-0.25, -0.2) is 5.10 Å². The van der Waals surface area contributed by atoms with E-state index in [1.54, 1.807) is 14.0 Å². The molecule has 0 spiro atoms. The van der Waals surface area contributed by atoms with E-state index in [9.17, 15) is 9.59 Å². The van der Waals surface area contributed by atoms with Crippen LogP contribution in [-0.2, 0) is 0 Å². The van der Waals surface area contributed by atoms with Crippen LogP contribution in [0.1, 0.15) is 23.8 Å². The highest BCUT2D eigenvalue weighted by Gasteiger charge is 2.19. The Labute approximate surface area is 103 Å². The number of hydrogen-bond acceptors (Lipinski definition) is 5. The zero-order chi connectivity index (χ0) is 13.7. The molecule has 8 nitrogen and oxygen atoms in total. The van der Waals surface area contributed by atoms with Gasteiger partial charge in [-0.1, -0.05) is 5.16 Å². The highest BCUT2D eigenvalue weighted by molar-refractivity contribution is 5.92. The van der Waals surface area contributed by atoms with Crippen molar-refractivity contribution in [3.8, 4) is 0 Å². The van der Waals surface area contributed by atoms with Crippen molar-refractivity contribution in [3.05, 3.63) is 28.2 Å². The van der Waals surface area contributed by atoms with Crippen molar-refractivity contribution in [1.82, 2.24) is 15.1 Å². The molecule has 18 heavy (non-hydrogen) atoms. The lowest BCUT2D eigenvalue weighted by Crippen LogP contribution is -2.38. The van der Waals surface area contributed by atoms with E-state index in [4.69, 9.17) is 10.9 Å². The lowest BCUT2D eigenvalue weighted by molar-refractivity contribution is 0.0740. The minimum absolute atomic E-state index is 0.0385. The van der Waals surface area contributed by atoms with Crippen LogP contribution >= 0.6 is 0 Å². The molecule has 0 aliphatic carbocycles. The molecule has 1 amide bonds. The first-order valence-corrected chi connectivity index (χ1v) is 5.25. The summed E-state index contributed by atoms with van der Waals surface area (Å²) in [5.74, 6) is -0.318. The van der Waals surface area contributed by atoms with Gasteiger partial charge in [0.05, 0.1) is 0 Å². The number of hydrogen-bond donors (Lipinski definition) is 3. The topological polar surface area (TPSA) is 125 Å². The number of nitrogens with one attached hydrogen (secondary N) is 1. The van der Waals surface area contributed by atoms with Crippen LogP contribution in [0.5, 0.6) is 0 Å². The Bertz CT molecular complexity index is 490. The number of amidine groups is 1. The Morgan fingerprint density at radius 3 is 2.83 bits per heavy atom. The van der Waals surface area contributed by atoms with Gasteiger partial charge < -0.3 is 15.8 Å². The molecule has 1 aromatic heterocycles. The average Bonchev–Trinajstić information content (AvgIpc) is 2.37. The van der Waals surface area contributed by atoms with E-state index in [0.29, 0.717) is 0 Å². The van der Waals surface area contributed by atoms with Gasteiger partial charge in [0, 0.05) is 25.6 Å². The summed E-state index contributed by atoms with van der Waals surface area (Å²) in [7, 11) is 1.57. The number of oxime groups is 1. The Hall–Kier alpha value is -2.38. The molecule has 0 aliphatic heterocycles. The molecule has 98 valence electrons. The number of amides is 1. The molecule has 0 aliphatic rings. The fourth-order valence-electron chi connectivity index (χ4n) is 1.32. The SMILES string of the molecule is CC(C/C(N)=N/O)N(C)C(=O)c1ccc(=O)[nH]n1. The lowest BCUT2D eigenvalue weighted by atomic mass is 10.2. The van der Waals surface area contributed by atoms with Crippen LogP contribution in [0.15, 0.2) is 22.1 Å². The fourth-order valence-corrected chi connectivity index (χ4v) is 1.32. The minimum Gasteiger partial charge on any atom is -0.409 e. The van der Waals surface area contributed by atoms with Crippen LogP contribution in [0.25, 0.3) is 0 Å². The normalized spacial score (nSPS) is 13.1. The van der Waals surface area contributed by atoms with Gasteiger partial charge in [0.2, 0.25) is 0 Å². The van der Waals surface area contributed by atoms with Crippen molar-refractivity contribution in [2.45, 2.75) is 19.4 Å². The van der Waals surface area contributed by atoms with Crippen molar-refractivity contribution in [2.24, 2.45) is 10.9 Å². The molecule has 0 radical (unpaired) electrons. The number of rotatable bonds is 4. The van der Waals surface area contributed by atoms with E-state index in [0.717, 1.165) is 0 Å². The van der Waals surface area contributed by atoms with Crippen LogP contribution in [0.3, 0.4) is 0 Å². The highest BCUT2D eigenvalue weighted by atomic mass is 16.4. The van der Waals surface area contributed by atoms with Gasteiger partial charge in [-0.2, -0.15) is 5.10 Å². The molecule has 4 N–H and O–H groups in total. The number of carbonyl (C=O) groups excluding carboxylic acids is 1. The third-order valence-corrected chi connectivity index (χ3v) is 2.51. The van der Waals surface area contributed by atoms with E-state index < -0.39 is 0 Å². The molecule has 1 atom stereocenters. The van der Waals surface area contributed by atoms with Gasteiger partial charge in [-0.05, 0) is 13.0 Å². The zero-order valence-corrected chi connectivity index (χ0v) is 10.1. The number of nitrogens with two attached hydrogens (primary N) is 1. The van der Waals surface area contributed by atoms with Gasteiger partial charge >= 0.3 is 0 Å². The maximum absolute atomic E-state index is 12.0. The first-order valence-electron chi connectivity index (χ1n) is 5.25. The molecule has 8 heteroatoms. The van der Waals surface area contributed by atoms with Gasteiger partial charge in [0.15, 0.2) is 0 Å². The molecule has 1 unspecified atom stereocenters. The van der Waals surface area contributed by atoms with Crippen molar-refractivity contribution < 1.29 is 10.0 Å².